The third kappa shape index (κ3) is 5.46. The van der Waals surface area contributed by atoms with Crippen LogP contribution in [0.4, 0.5) is 0 Å². The Morgan fingerprint density at radius 2 is 2.00 bits per heavy atom. The lowest BCUT2D eigenvalue weighted by molar-refractivity contribution is -0.139. The van der Waals surface area contributed by atoms with Gasteiger partial charge in [-0.3, -0.25) is 9.59 Å². The van der Waals surface area contributed by atoms with Gasteiger partial charge in [-0.2, -0.15) is 0 Å². The first-order chi connectivity index (χ1) is 9.56. The van der Waals surface area contributed by atoms with E-state index in [2.05, 4.69) is 0 Å². The van der Waals surface area contributed by atoms with Gasteiger partial charge in [0.25, 0.3) is 0 Å². The number of unbranched alkanes of at least 4 members (excludes halogenated alkanes) is 3. The van der Waals surface area contributed by atoms with Gasteiger partial charge >= 0.3 is 0 Å². The zero-order valence-corrected chi connectivity index (χ0v) is 12.3. The number of amides is 2. The van der Waals surface area contributed by atoms with Gasteiger partial charge in [0.15, 0.2) is 0 Å². The molecular weight excluding hydrogens is 258 g/mol. The molecule has 0 aromatic rings. The molecule has 0 spiro atoms. The zero-order chi connectivity index (χ0) is 15.0. The summed E-state index contributed by atoms with van der Waals surface area (Å²) in [5.74, 6) is -1.42. The molecule has 4 N–H and O–H groups in total. The number of nitrogens with zero attached hydrogens (tertiary/aromatic N) is 1. The minimum Gasteiger partial charge on any atom is -0.376 e. The first-order valence-electron chi connectivity index (χ1n) is 7.42. The van der Waals surface area contributed by atoms with E-state index >= 15 is 0 Å². The normalized spacial score (nSPS) is 23.7. The monoisotopic (exact) mass is 285 g/mol. The van der Waals surface area contributed by atoms with Gasteiger partial charge in [0, 0.05) is 20.2 Å². The molecule has 6 heteroatoms. The lowest BCUT2D eigenvalue weighted by Crippen LogP contribution is -2.39. The Bertz CT molecular complexity index is 323. The molecule has 0 aliphatic carbocycles. The second-order valence-electron chi connectivity index (χ2n) is 5.45. The summed E-state index contributed by atoms with van der Waals surface area (Å²) in [7, 11) is 1.70. The number of likely N-dealkylation sites (N-methyl/N-ethyl adjacent to an activating group) is 1. The number of rotatable bonds is 8. The van der Waals surface area contributed by atoms with Gasteiger partial charge in [0.1, 0.15) is 5.92 Å². The van der Waals surface area contributed by atoms with Crippen LogP contribution in [-0.4, -0.2) is 49.6 Å². The predicted molar refractivity (Wildman–Crippen MR) is 76.8 cm³/mol. The van der Waals surface area contributed by atoms with Crippen molar-refractivity contribution in [2.75, 3.05) is 26.7 Å². The van der Waals surface area contributed by atoms with Crippen molar-refractivity contribution in [3.8, 4) is 0 Å². The summed E-state index contributed by atoms with van der Waals surface area (Å²) in [6.45, 7) is 1.97. The number of hydrogen-bond acceptors (Lipinski definition) is 4. The van der Waals surface area contributed by atoms with E-state index in [1.165, 1.54) is 0 Å². The molecule has 2 amide bonds. The molecule has 0 aromatic heterocycles. The minimum absolute atomic E-state index is 0.00260. The van der Waals surface area contributed by atoms with E-state index in [1.807, 2.05) is 0 Å². The topological polar surface area (TPSA) is 98.7 Å². The number of likely N-dealkylation sites (tertiary alicyclic amines) is 1. The van der Waals surface area contributed by atoms with Crippen LogP contribution in [0.3, 0.4) is 0 Å². The molecule has 2 atom stereocenters. The van der Waals surface area contributed by atoms with Crippen molar-refractivity contribution < 1.29 is 14.3 Å². The first-order valence-corrected chi connectivity index (χ1v) is 7.42. The van der Waals surface area contributed by atoms with E-state index in [9.17, 15) is 9.59 Å². The first kappa shape index (κ1) is 16.9. The molecule has 1 rings (SSSR count). The Morgan fingerprint density at radius 3 is 2.65 bits per heavy atom. The molecule has 1 fully saturated rings. The number of carbonyl (C=O) groups is 2. The lowest BCUT2D eigenvalue weighted by atomic mass is 10.0. The fraction of sp³-hybridized carbons (Fsp3) is 0.857. The van der Waals surface area contributed by atoms with Crippen LogP contribution in [-0.2, 0) is 14.3 Å². The van der Waals surface area contributed by atoms with Gasteiger partial charge in [-0.1, -0.05) is 12.8 Å². The summed E-state index contributed by atoms with van der Waals surface area (Å²) in [5, 5.41) is 0. The van der Waals surface area contributed by atoms with Crippen LogP contribution >= 0.6 is 0 Å². The van der Waals surface area contributed by atoms with Crippen LogP contribution in [0.1, 0.15) is 38.5 Å². The quantitative estimate of drug-likeness (QED) is 0.493. The smallest absolute Gasteiger partial charge is 0.234 e. The van der Waals surface area contributed by atoms with Crippen molar-refractivity contribution >= 4 is 11.8 Å². The van der Waals surface area contributed by atoms with Gasteiger partial charge in [0.05, 0.1) is 6.10 Å². The number of nitrogens with two attached hydrogens (primary N) is 2. The highest BCUT2D eigenvalue weighted by atomic mass is 16.5. The Balaban J connectivity index is 2.30. The largest absolute Gasteiger partial charge is 0.376 e. The molecule has 0 aromatic carbocycles. The van der Waals surface area contributed by atoms with E-state index in [0.717, 1.165) is 32.2 Å². The van der Waals surface area contributed by atoms with Crippen molar-refractivity contribution in [3.63, 3.8) is 0 Å². The highest BCUT2D eigenvalue weighted by Gasteiger charge is 2.32. The van der Waals surface area contributed by atoms with E-state index in [-0.39, 0.29) is 12.0 Å². The molecule has 0 saturated carbocycles. The maximum Gasteiger partial charge on any atom is 0.234 e. The molecule has 1 saturated heterocycles. The van der Waals surface area contributed by atoms with Crippen LogP contribution < -0.4 is 11.5 Å². The van der Waals surface area contributed by atoms with Gasteiger partial charge in [0.2, 0.25) is 11.8 Å². The van der Waals surface area contributed by atoms with Crippen molar-refractivity contribution in [2.45, 2.75) is 44.6 Å². The van der Waals surface area contributed by atoms with Crippen LogP contribution in [0.2, 0.25) is 0 Å². The van der Waals surface area contributed by atoms with Crippen molar-refractivity contribution in [2.24, 2.45) is 17.4 Å². The van der Waals surface area contributed by atoms with Crippen molar-refractivity contribution in [3.05, 3.63) is 0 Å². The molecule has 20 heavy (non-hydrogen) atoms. The molecular formula is C14H27N3O3. The Hall–Kier alpha value is -1.14. The summed E-state index contributed by atoms with van der Waals surface area (Å²) < 4.78 is 5.81. The van der Waals surface area contributed by atoms with Crippen LogP contribution in [0.15, 0.2) is 0 Å². The number of primary amides is 1. The molecule has 0 unspecified atom stereocenters. The molecule has 6 nitrogen and oxygen atoms in total. The van der Waals surface area contributed by atoms with E-state index < -0.39 is 11.8 Å². The highest BCUT2D eigenvalue weighted by molar-refractivity contribution is 5.99. The number of hydrogen-bond donors (Lipinski definition) is 2. The third-order valence-corrected chi connectivity index (χ3v) is 3.72. The van der Waals surface area contributed by atoms with Gasteiger partial charge < -0.3 is 21.1 Å². The van der Waals surface area contributed by atoms with Gasteiger partial charge in [-0.05, 0) is 32.2 Å². The third-order valence-electron chi connectivity index (χ3n) is 3.72. The van der Waals surface area contributed by atoms with Gasteiger partial charge in [-0.25, -0.2) is 0 Å². The molecule has 1 aliphatic heterocycles. The van der Waals surface area contributed by atoms with Crippen molar-refractivity contribution in [1.82, 2.24) is 4.90 Å². The Morgan fingerprint density at radius 1 is 1.30 bits per heavy atom. The summed E-state index contributed by atoms with van der Waals surface area (Å²) >= 11 is 0. The van der Waals surface area contributed by atoms with Crippen LogP contribution in [0, 0.1) is 5.92 Å². The SMILES string of the molecule is CN1C[C@H](OCCCCCCN)CC[C@@H](C(N)=O)C1=O. The lowest BCUT2D eigenvalue weighted by Gasteiger charge is -2.21. The molecule has 1 heterocycles. The van der Waals surface area contributed by atoms with Gasteiger partial charge in [-0.15, -0.1) is 0 Å². The standard InChI is InChI=1S/C14H27N3O3/c1-17-10-11(20-9-5-3-2-4-8-15)6-7-12(13(16)18)14(17)19/h11-12H,2-10,15H2,1H3,(H2,16,18)/t11-,12+/m1/s1. The second-order valence-corrected chi connectivity index (χ2v) is 5.45. The average molecular weight is 285 g/mol. The molecule has 116 valence electrons. The van der Waals surface area contributed by atoms with E-state index in [1.54, 1.807) is 11.9 Å². The van der Waals surface area contributed by atoms with E-state index in [0.29, 0.717) is 26.0 Å². The Kier molecular flexibility index (Phi) is 7.54. The summed E-state index contributed by atoms with van der Waals surface area (Å²) in [5.41, 5.74) is 10.7. The fourth-order valence-electron chi connectivity index (χ4n) is 2.48. The second kappa shape index (κ2) is 8.92. The van der Waals surface area contributed by atoms with Crippen LogP contribution in [0.25, 0.3) is 0 Å². The highest BCUT2D eigenvalue weighted by Crippen LogP contribution is 2.19. The maximum absolute atomic E-state index is 11.9. The summed E-state index contributed by atoms with van der Waals surface area (Å²) in [6.07, 6.45) is 5.50. The van der Waals surface area contributed by atoms with Crippen LogP contribution in [0.5, 0.6) is 0 Å². The summed E-state index contributed by atoms with van der Waals surface area (Å²) in [6, 6.07) is 0. The number of ether oxygens (including phenoxy) is 1. The minimum atomic E-state index is -0.696. The number of carbonyl (C=O) groups excluding carboxylic acids is 2. The molecule has 0 bridgehead atoms. The van der Waals surface area contributed by atoms with Crippen molar-refractivity contribution in [1.29, 1.82) is 0 Å². The summed E-state index contributed by atoms with van der Waals surface area (Å²) in [4.78, 5) is 24.7. The Labute approximate surface area is 120 Å². The average Bonchev–Trinajstić information content (AvgIpc) is 2.54. The van der Waals surface area contributed by atoms with E-state index in [4.69, 9.17) is 16.2 Å². The molecule has 0 radical (unpaired) electrons. The zero-order valence-electron chi connectivity index (χ0n) is 12.3. The fourth-order valence-corrected chi connectivity index (χ4v) is 2.48. The maximum atomic E-state index is 11.9. The predicted octanol–water partition coefficient (Wildman–Crippen LogP) is 0.244. The molecule has 1 aliphatic rings.